The fourth-order valence-corrected chi connectivity index (χ4v) is 2.90. The molecule has 0 aliphatic heterocycles. The number of ether oxygens (including phenoxy) is 1. The SMILES string of the molecule is COC(=O)c1ccc(NCCCc2ccccc2)cc1Nc1ccc(F)cc1. The minimum Gasteiger partial charge on any atom is -0.465 e. The van der Waals surface area contributed by atoms with Gasteiger partial charge in [-0.25, -0.2) is 9.18 Å². The summed E-state index contributed by atoms with van der Waals surface area (Å²) in [7, 11) is 1.35. The van der Waals surface area contributed by atoms with Crippen molar-refractivity contribution in [3.63, 3.8) is 0 Å². The van der Waals surface area contributed by atoms with Gasteiger partial charge in [-0.05, 0) is 60.9 Å². The number of nitrogens with one attached hydrogen (secondary N) is 2. The lowest BCUT2D eigenvalue weighted by Gasteiger charge is -2.14. The van der Waals surface area contributed by atoms with Crippen molar-refractivity contribution in [1.82, 2.24) is 0 Å². The zero-order valence-corrected chi connectivity index (χ0v) is 15.7. The first-order valence-electron chi connectivity index (χ1n) is 9.18. The molecule has 0 aromatic heterocycles. The zero-order chi connectivity index (χ0) is 19.8. The van der Waals surface area contributed by atoms with Gasteiger partial charge >= 0.3 is 5.97 Å². The lowest BCUT2D eigenvalue weighted by molar-refractivity contribution is 0.0602. The Bertz CT molecular complexity index is 912. The molecule has 28 heavy (non-hydrogen) atoms. The van der Waals surface area contributed by atoms with Crippen LogP contribution in [0.1, 0.15) is 22.3 Å². The van der Waals surface area contributed by atoms with Crippen molar-refractivity contribution in [2.75, 3.05) is 24.3 Å². The molecule has 0 atom stereocenters. The molecule has 3 aromatic rings. The molecule has 144 valence electrons. The fourth-order valence-electron chi connectivity index (χ4n) is 2.90. The lowest BCUT2D eigenvalue weighted by atomic mass is 10.1. The van der Waals surface area contributed by atoms with Gasteiger partial charge in [0.2, 0.25) is 0 Å². The summed E-state index contributed by atoms with van der Waals surface area (Å²) in [6, 6.07) is 21.7. The number of aryl methyl sites for hydroxylation is 1. The number of benzene rings is 3. The first-order valence-corrected chi connectivity index (χ1v) is 9.18. The first kappa shape index (κ1) is 19.4. The Labute approximate surface area is 164 Å². The summed E-state index contributed by atoms with van der Waals surface area (Å²) < 4.78 is 18.0. The molecule has 0 heterocycles. The fraction of sp³-hybridized carbons (Fsp3) is 0.174. The van der Waals surface area contributed by atoms with Gasteiger partial charge in [0, 0.05) is 17.9 Å². The van der Waals surface area contributed by atoms with E-state index in [1.807, 2.05) is 30.3 Å². The third-order valence-electron chi connectivity index (χ3n) is 4.36. The topological polar surface area (TPSA) is 50.4 Å². The van der Waals surface area contributed by atoms with Crippen LogP contribution in [0.3, 0.4) is 0 Å². The van der Waals surface area contributed by atoms with E-state index in [0.29, 0.717) is 16.9 Å². The van der Waals surface area contributed by atoms with Gasteiger partial charge in [0.15, 0.2) is 0 Å². The second-order valence-electron chi connectivity index (χ2n) is 6.40. The van der Waals surface area contributed by atoms with Crippen molar-refractivity contribution in [3.05, 3.63) is 89.7 Å². The number of carbonyl (C=O) groups is 1. The molecule has 3 aromatic carbocycles. The average molecular weight is 378 g/mol. The molecular formula is C23H23FN2O2. The molecular weight excluding hydrogens is 355 g/mol. The Morgan fingerprint density at radius 2 is 1.68 bits per heavy atom. The van der Waals surface area contributed by atoms with Crippen LogP contribution in [0.4, 0.5) is 21.5 Å². The van der Waals surface area contributed by atoms with Crippen molar-refractivity contribution in [2.24, 2.45) is 0 Å². The standard InChI is InChI=1S/C23H23FN2O2/c1-28-23(27)21-14-13-20(25-15-5-8-17-6-3-2-4-7-17)16-22(21)26-19-11-9-18(24)10-12-19/h2-4,6-7,9-14,16,25-26H,5,8,15H2,1H3. The highest BCUT2D eigenvalue weighted by Crippen LogP contribution is 2.26. The third kappa shape index (κ3) is 5.33. The van der Waals surface area contributed by atoms with Crippen LogP contribution in [0.15, 0.2) is 72.8 Å². The lowest BCUT2D eigenvalue weighted by Crippen LogP contribution is -2.08. The Kier molecular flexibility index (Phi) is 6.63. The highest BCUT2D eigenvalue weighted by Gasteiger charge is 2.13. The molecule has 0 aliphatic carbocycles. The third-order valence-corrected chi connectivity index (χ3v) is 4.36. The second-order valence-corrected chi connectivity index (χ2v) is 6.40. The molecule has 2 N–H and O–H groups in total. The van der Waals surface area contributed by atoms with E-state index in [0.717, 1.165) is 25.1 Å². The van der Waals surface area contributed by atoms with E-state index in [2.05, 4.69) is 22.8 Å². The smallest absolute Gasteiger partial charge is 0.339 e. The normalized spacial score (nSPS) is 10.4. The van der Waals surface area contributed by atoms with Crippen molar-refractivity contribution in [2.45, 2.75) is 12.8 Å². The maximum absolute atomic E-state index is 13.1. The van der Waals surface area contributed by atoms with E-state index in [1.165, 1.54) is 24.8 Å². The number of anilines is 3. The van der Waals surface area contributed by atoms with E-state index in [1.54, 1.807) is 18.2 Å². The first-order chi connectivity index (χ1) is 13.7. The van der Waals surface area contributed by atoms with Crippen molar-refractivity contribution >= 4 is 23.0 Å². The largest absolute Gasteiger partial charge is 0.465 e. The number of hydrogen-bond donors (Lipinski definition) is 2. The molecule has 0 saturated carbocycles. The Hall–Kier alpha value is -3.34. The maximum Gasteiger partial charge on any atom is 0.339 e. The monoisotopic (exact) mass is 378 g/mol. The van der Waals surface area contributed by atoms with Crippen LogP contribution in [-0.2, 0) is 11.2 Å². The molecule has 5 heteroatoms. The number of halogens is 1. The molecule has 0 unspecified atom stereocenters. The summed E-state index contributed by atoms with van der Waals surface area (Å²) >= 11 is 0. The molecule has 0 bridgehead atoms. The number of hydrogen-bond acceptors (Lipinski definition) is 4. The van der Waals surface area contributed by atoms with E-state index in [4.69, 9.17) is 4.74 Å². The highest BCUT2D eigenvalue weighted by atomic mass is 19.1. The molecule has 4 nitrogen and oxygen atoms in total. The molecule has 0 saturated heterocycles. The quantitative estimate of drug-likeness (QED) is 0.407. The molecule has 0 radical (unpaired) electrons. The predicted octanol–water partition coefficient (Wildman–Crippen LogP) is 5.40. The van der Waals surface area contributed by atoms with Crippen molar-refractivity contribution in [3.8, 4) is 0 Å². The Morgan fingerprint density at radius 1 is 0.964 bits per heavy atom. The molecule has 0 aliphatic rings. The highest BCUT2D eigenvalue weighted by molar-refractivity contribution is 5.97. The summed E-state index contributed by atoms with van der Waals surface area (Å²) in [6.45, 7) is 0.808. The van der Waals surface area contributed by atoms with Crippen LogP contribution in [0, 0.1) is 5.82 Å². The summed E-state index contributed by atoms with van der Waals surface area (Å²) in [5, 5.41) is 6.55. The van der Waals surface area contributed by atoms with Crippen LogP contribution in [0.5, 0.6) is 0 Å². The van der Waals surface area contributed by atoms with Crippen LogP contribution < -0.4 is 10.6 Å². The second kappa shape index (κ2) is 9.55. The number of rotatable bonds is 8. The summed E-state index contributed by atoms with van der Waals surface area (Å²) in [4.78, 5) is 12.1. The van der Waals surface area contributed by atoms with Crippen LogP contribution in [0.2, 0.25) is 0 Å². The van der Waals surface area contributed by atoms with E-state index in [-0.39, 0.29) is 5.82 Å². The molecule has 0 fully saturated rings. The van der Waals surface area contributed by atoms with Crippen molar-refractivity contribution in [1.29, 1.82) is 0 Å². The van der Waals surface area contributed by atoms with Gasteiger partial charge in [-0.2, -0.15) is 0 Å². The van der Waals surface area contributed by atoms with Crippen LogP contribution in [-0.4, -0.2) is 19.6 Å². The molecule has 0 amide bonds. The number of methoxy groups -OCH3 is 1. The molecule has 0 spiro atoms. The summed E-state index contributed by atoms with van der Waals surface area (Å²) in [5.41, 5.74) is 3.91. The van der Waals surface area contributed by atoms with E-state index < -0.39 is 5.97 Å². The van der Waals surface area contributed by atoms with Crippen LogP contribution in [0.25, 0.3) is 0 Å². The van der Waals surface area contributed by atoms with Gasteiger partial charge in [0.1, 0.15) is 5.82 Å². The minimum absolute atomic E-state index is 0.312. The van der Waals surface area contributed by atoms with Gasteiger partial charge in [0.25, 0.3) is 0 Å². The van der Waals surface area contributed by atoms with E-state index in [9.17, 15) is 9.18 Å². The van der Waals surface area contributed by atoms with Gasteiger partial charge in [0.05, 0.1) is 18.4 Å². The van der Waals surface area contributed by atoms with Crippen LogP contribution >= 0.6 is 0 Å². The van der Waals surface area contributed by atoms with E-state index >= 15 is 0 Å². The van der Waals surface area contributed by atoms with Gasteiger partial charge in [-0.1, -0.05) is 30.3 Å². The summed E-state index contributed by atoms with van der Waals surface area (Å²) in [5.74, 6) is -0.743. The number of carbonyl (C=O) groups excluding carboxylic acids is 1. The van der Waals surface area contributed by atoms with Crippen molar-refractivity contribution < 1.29 is 13.9 Å². The number of esters is 1. The Morgan fingerprint density at radius 3 is 2.39 bits per heavy atom. The average Bonchev–Trinajstić information content (AvgIpc) is 2.73. The molecule has 3 rings (SSSR count). The van der Waals surface area contributed by atoms with Gasteiger partial charge < -0.3 is 15.4 Å². The van der Waals surface area contributed by atoms with Gasteiger partial charge in [-0.3, -0.25) is 0 Å². The predicted molar refractivity (Wildman–Crippen MR) is 111 cm³/mol. The Balaban J connectivity index is 1.68. The zero-order valence-electron chi connectivity index (χ0n) is 15.7. The van der Waals surface area contributed by atoms with Gasteiger partial charge in [-0.15, -0.1) is 0 Å². The summed E-state index contributed by atoms with van der Waals surface area (Å²) in [6.07, 6.45) is 1.98. The maximum atomic E-state index is 13.1. The minimum atomic E-state index is -0.430.